The molecule has 0 saturated heterocycles. The second kappa shape index (κ2) is 10.4. The Hall–Kier alpha value is -3.99. The molecule has 0 atom stereocenters. The average molecular weight is 423 g/mol. The SMILES string of the molecule is CCCCc1ccc(NC(=O)c2ccc(Nc3ccc(-c4ccccc4)nn3)cc2)cc1. The summed E-state index contributed by atoms with van der Waals surface area (Å²) in [4.78, 5) is 12.6. The normalized spacial score (nSPS) is 10.5. The number of nitrogens with zero attached hydrogens (tertiary/aromatic N) is 2. The van der Waals surface area contributed by atoms with E-state index in [0.717, 1.165) is 29.1 Å². The Morgan fingerprint density at radius 2 is 1.50 bits per heavy atom. The largest absolute Gasteiger partial charge is 0.339 e. The van der Waals surface area contributed by atoms with Crippen LogP contribution in [0.15, 0.2) is 91.0 Å². The molecule has 5 nitrogen and oxygen atoms in total. The van der Waals surface area contributed by atoms with Crippen LogP contribution < -0.4 is 10.6 Å². The van der Waals surface area contributed by atoms with Crippen LogP contribution in [-0.4, -0.2) is 16.1 Å². The molecule has 2 N–H and O–H groups in total. The Balaban J connectivity index is 1.35. The number of carbonyl (C=O) groups excluding carboxylic acids is 1. The summed E-state index contributed by atoms with van der Waals surface area (Å²) >= 11 is 0. The quantitative estimate of drug-likeness (QED) is 0.341. The molecule has 0 aliphatic heterocycles. The molecule has 4 rings (SSSR count). The predicted octanol–water partition coefficient (Wildman–Crippen LogP) is 6.48. The van der Waals surface area contributed by atoms with Gasteiger partial charge in [0.25, 0.3) is 5.91 Å². The summed E-state index contributed by atoms with van der Waals surface area (Å²) in [6.07, 6.45) is 3.42. The molecule has 32 heavy (non-hydrogen) atoms. The molecule has 0 bridgehead atoms. The van der Waals surface area contributed by atoms with E-state index >= 15 is 0 Å². The molecule has 0 spiro atoms. The number of aromatic nitrogens is 2. The van der Waals surface area contributed by atoms with Gasteiger partial charge in [-0.3, -0.25) is 4.79 Å². The fraction of sp³-hybridized carbons (Fsp3) is 0.148. The van der Waals surface area contributed by atoms with Crippen LogP contribution in [0.25, 0.3) is 11.3 Å². The number of unbranched alkanes of at least 4 members (excludes halogenated alkanes) is 1. The zero-order valence-electron chi connectivity index (χ0n) is 18.1. The van der Waals surface area contributed by atoms with Gasteiger partial charge in [0.15, 0.2) is 5.82 Å². The molecule has 1 aromatic heterocycles. The van der Waals surface area contributed by atoms with E-state index < -0.39 is 0 Å². The van der Waals surface area contributed by atoms with E-state index in [1.54, 1.807) is 12.1 Å². The lowest BCUT2D eigenvalue weighted by molar-refractivity contribution is 0.102. The van der Waals surface area contributed by atoms with Crippen molar-refractivity contribution >= 4 is 23.1 Å². The Morgan fingerprint density at radius 1 is 0.781 bits per heavy atom. The number of benzene rings is 3. The third-order valence-corrected chi connectivity index (χ3v) is 5.18. The summed E-state index contributed by atoms with van der Waals surface area (Å²) in [5.41, 5.74) is 5.37. The molecule has 0 saturated carbocycles. The van der Waals surface area contributed by atoms with Gasteiger partial charge >= 0.3 is 0 Å². The highest BCUT2D eigenvalue weighted by molar-refractivity contribution is 6.04. The molecule has 0 aliphatic rings. The third kappa shape index (κ3) is 5.58. The van der Waals surface area contributed by atoms with Crippen LogP contribution >= 0.6 is 0 Å². The topological polar surface area (TPSA) is 66.9 Å². The van der Waals surface area contributed by atoms with Crippen LogP contribution in [0, 0.1) is 0 Å². The molecule has 1 heterocycles. The van der Waals surface area contributed by atoms with Crippen molar-refractivity contribution in [1.82, 2.24) is 10.2 Å². The molecular formula is C27H26N4O. The van der Waals surface area contributed by atoms with Gasteiger partial charge in [0.05, 0.1) is 5.69 Å². The lowest BCUT2D eigenvalue weighted by Crippen LogP contribution is -2.11. The highest BCUT2D eigenvalue weighted by Gasteiger charge is 2.07. The monoisotopic (exact) mass is 422 g/mol. The van der Waals surface area contributed by atoms with Gasteiger partial charge in [-0.05, 0) is 66.9 Å². The van der Waals surface area contributed by atoms with Crippen LogP contribution in [0.5, 0.6) is 0 Å². The first-order valence-electron chi connectivity index (χ1n) is 10.9. The van der Waals surface area contributed by atoms with Crippen molar-refractivity contribution in [3.05, 3.63) is 102 Å². The van der Waals surface area contributed by atoms with Crippen LogP contribution in [0.3, 0.4) is 0 Å². The van der Waals surface area contributed by atoms with Crippen molar-refractivity contribution in [2.75, 3.05) is 10.6 Å². The number of hydrogen-bond acceptors (Lipinski definition) is 4. The first-order chi connectivity index (χ1) is 15.7. The summed E-state index contributed by atoms with van der Waals surface area (Å²) in [5, 5.41) is 14.7. The lowest BCUT2D eigenvalue weighted by atomic mass is 10.1. The van der Waals surface area contributed by atoms with Gasteiger partial charge in [0.1, 0.15) is 0 Å². The molecule has 0 unspecified atom stereocenters. The smallest absolute Gasteiger partial charge is 0.255 e. The van der Waals surface area contributed by atoms with Crippen LogP contribution in [0.2, 0.25) is 0 Å². The summed E-state index contributed by atoms with van der Waals surface area (Å²) in [7, 11) is 0. The van der Waals surface area contributed by atoms with Crippen molar-refractivity contribution < 1.29 is 4.79 Å². The fourth-order valence-electron chi connectivity index (χ4n) is 3.35. The predicted molar refractivity (Wildman–Crippen MR) is 130 cm³/mol. The minimum atomic E-state index is -0.134. The molecule has 1 amide bonds. The average Bonchev–Trinajstić information content (AvgIpc) is 2.85. The van der Waals surface area contributed by atoms with E-state index in [1.807, 2.05) is 66.7 Å². The minimum absolute atomic E-state index is 0.134. The molecule has 0 radical (unpaired) electrons. The number of anilines is 3. The molecular weight excluding hydrogens is 396 g/mol. The van der Waals surface area contributed by atoms with Crippen molar-refractivity contribution in [3.63, 3.8) is 0 Å². The maximum absolute atomic E-state index is 12.6. The summed E-state index contributed by atoms with van der Waals surface area (Å²) in [6, 6.07) is 29.1. The third-order valence-electron chi connectivity index (χ3n) is 5.18. The first kappa shape index (κ1) is 21.2. The van der Waals surface area contributed by atoms with Gasteiger partial charge in [-0.2, -0.15) is 0 Å². The Kier molecular flexibility index (Phi) is 6.88. The van der Waals surface area contributed by atoms with E-state index in [-0.39, 0.29) is 5.91 Å². The summed E-state index contributed by atoms with van der Waals surface area (Å²) in [5.74, 6) is 0.509. The molecule has 160 valence electrons. The standard InChI is InChI=1S/C27H26N4O/c1-2-3-7-20-10-14-24(15-11-20)29-27(32)22-12-16-23(17-13-22)28-26-19-18-25(30-31-26)21-8-5-4-6-9-21/h4-6,8-19H,2-3,7H2,1H3,(H,28,31)(H,29,32). The van der Waals surface area contributed by atoms with Crippen molar-refractivity contribution in [3.8, 4) is 11.3 Å². The molecule has 0 fully saturated rings. The maximum atomic E-state index is 12.6. The zero-order valence-corrected chi connectivity index (χ0v) is 18.1. The molecule has 4 aromatic rings. The van der Waals surface area contributed by atoms with Gasteiger partial charge in [0, 0.05) is 22.5 Å². The van der Waals surface area contributed by atoms with Crippen LogP contribution in [0.1, 0.15) is 35.7 Å². The van der Waals surface area contributed by atoms with Crippen LogP contribution in [0.4, 0.5) is 17.2 Å². The lowest BCUT2D eigenvalue weighted by Gasteiger charge is -2.09. The van der Waals surface area contributed by atoms with E-state index in [0.29, 0.717) is 11.4 Å². The van der Waals surface area contributed by atoms with Gasteiger partial charge in [-0.1, -0.05) is 55.8 Å². The van der Waals surface area contributed by atoms with E-state index in [2.05, 4.69) is 39.9 Å². The number of nitrogens with one attached hydrogen (secondary N) is 2. The second-order valence-electron chi connectivity index (χ2n) is 7.63. The number of rotatable bonds is 8. The zero-order chi connectivity index (χ0) is 22.2. The fourth-order valence-corrected chi connectivity index (χ4v) is 3.35. The van der Waals surface area contributed by atoms with E-state index in [4.69, 9.17) is 0 Å². The minimum Gasteiger partial charge on any atom is -0.339 e. The highest BCUT2D eigenvalue weighted by atomic mass is 16.1. The molecule has 0 aliphatic carbocycles. The maximum Gasteiger partial charge on any atom is 0.255 e. The van der Waals surface area contributed by atoms with Gasteiger partial charge in [-0.15, -0.1) is 10.2 Å². The number of hydrogen-bond donors (Lipinski definition) is 2. The van der Waals surface area contributed by atoms with Gasteiger partial charge < -0.3 is 10.6 Å². The highest BCUT2D eigenvalue weighted by Crippen LogP contribution is 2.20. The van der Waals surface area contributed by atoms with E-state index in [1.165, 1.54) is 18.4 Å². The van der Waals surface area contributed by atoms with Crippen LogP contribution in [-0.2, 0) is 6.42 Å². The van der Waals surface area contributed by atoms with E-state index in [9.17, 15) is 4.79 Å². The molecule has 5 heteroatoms. The Morgan fingerprint density at radius 3 is 2.16 bits per heavy atom. The first-order valence-corrected chi connectivity index (χ1v) is 10.9. The number of aryl methyl sites for hydroxylation is 1. The van der Waals surface area contributed by atoms with Crippen molar-refractivity contribution in [1.29, 1.82) is 0 Å². The number of carbonyl (C=O) groups is 1. The Bertz CT molecular complexity index is 1140. The van der Waals surface area contributed by atoms with Gasteiger partial charge in [0.2, 0.25) is 0 Å². The Labute approximate surface area is 188 Å². The summed E-state index contributed by atoms with van der Waals surface area (Å²) < 4.78 is 0. The molecule has 3 aromatic carbocycles. The number of amides is 1. The second-order valence-corrected chi connectivity index (χ2v) is 7.63. The van der Waals surface area contributed by atoms with Crippen molar-refractivity contribution in [2.45, 2.75) is 26.2 Å². The van der Waals surface area contributed by atoms with Gasteiger partial charge in [-0.25, -0.2) is 0 Å². The summed E-state index contributed by atoms with van der Waals surface area (Å²) in [6.45, 7) is 2.18. The van der Waals surface area contributed by atoms with Crippen molar-refractivity contribution in [2.24, 2.45) is 0 Å².